The fourth-order valence-electron chi connectivity index (χ4n) is 3.04. The van der Waals surface area contributed by atoms with Gasteiger partial charge in [-0.1, -0.05) is 36.4 Å². The van der Waals surface area contributed by atoms with Crippen molar-refractivity contribution in [2.24, 2.45) is 5.73 Å². The van der Waals surface area contributed by atoms with Crippen molar-refractivity contribution in [1.29, 1.82) is 5.41 Å². The maximum absolute atomic E-state index is 7.60. The summed E-state index contributed by atoms with van der Waals surface area (Å²) in [7, 11) is 0. The molecule has 0 radical (unpaired) electrons. The summed E-state index contributed by atoms with van der Waals surface area (Å²) < 4.78 is 3.98. The minimum absolute atomic E-state index is 0.0797. The van der Waals surface area contributed by atoms with Gasteiger partial charge in [-0.2, -0.15) is 5.10 Å². The Bertz CT molecular complexity index is 1060. The lowest BCUT2D eigenvalue weighted by Crippen LogP contribution is -2.12. The van der Waals surface area contributed by atoms with E-state index in [1.165, 1.54) is 0 Å². The summed E-state index contributed by atoms with van der Waals surface area (Å²) in [5.74, 6) is 1.05. The number of amidine groups is 1. The molecule has 0 bridgehead atoms. The molecule has 0 saturated heterocycles. The number of nitrogens with zero attached hydrogens (tertiary/aromatic N) is 4. The van der Waals surface area contributed by atoms with Gasteiger partial charge in [0.15, 0.2) is 0 Å². The van der Waals surface area contributed by atoms with Crippen LogP contribution in [0, 0.1) is 5.41 Å². The molecule has 0 spiro atoms. The van der Waals surface area contributed by atoms with E-state index < -0.39 is 0 Å². The van der Waals surface area contributed by atoms with Crippen molar-refractivity contribution < 1.29 is 0 Å². The fraction of sp³-hybridized carbons (Fsp3) is 0.0952. The molecule has 6 nitrogen and oxygen atoms in total. The van der Waals surface area contributed by atoms with Crippen LogP contribution in [0.4, 0.5) is 0 Å². The zero-order chi connectivity index (χ0) is 18.6. The predicted octanol–water partition coefficient (Wildman–Crippen LogP) is 2.99. The van der Waals surface area contributed by atoms with E-state index in [9.17, 15) is 0 Å². The van der Waals surface area contributed by atoms with Gasteiger partial charge in [0.1, 0.15) is 11.7 Å². The van der Waals surface area contributed by atoms with Crippen LogP contribution in [-0.4, -0.2) is 25.2 Å². The monoisotopic (exact) mass is 356 g/mol. The first-order chi connectivity index (χ1) is 13.2. The average molecular weight is 356 g/mol. The molecular weight excluding hydrogens is 336 g/mol. The number of rotatable bonds is 6. The molecular formula is C21H20N6. The lowest BCUT2D eigenvalue weighted by Gasteiger charge is -2.09. The Kier molecular flexibility index (Phi) is 4.53. The third-order valence-electron chi connectivity index (χ3n) is 4.41. The number of imidazole rings is 1. The number of nitrogens with two attached hydrogens (primary N) is 1. The first kappa shape index (κ1) is 16.8. The highest BCUT2D eigenvalue weighted by Gasteiger charge is 2.08. The molecule has 4 aromatic rings. The van der Waals surface area contributed by atoms with Gasteiger partial charge < -0.3 is 10.3 Å². The van der Waals surface area contributed by atoms with Gasteiger partial charge in [0.05, 0.1) is 11.9 Å². The van der Waals surface area contributed by atoms with Gasteiger partial charge in [-0.05, 0) is 29.3 Å². The van der Waals surface area contributed by atoms with E-state index in [1.54, 1.807) is 0 Å². The normalized spacial score (nSPS) is 10.8. The quantitative estimate of drug-likeness (QED) is 0.411. The molecule has 0 amide bonds. The van der Waals surface area contributed by atoms with Crippen LogP contribution < -0.4 is 5.73 Å². The third-order valence-corrected chi connectivity index (χ3v) is 4.41. The van der Waals surface area contributed by atoms with Gasteiger partial charge in [-0.3, -0.25) is 5.41 Å². The van der Waals surface area contributed by atoms with Gasteiger partial charge in [0.2, 0.25) is 0 Å². The van der Waals surface area contributed by atoms with E-state index in [0.717, 1.165) is 28.2 Å². The number of nitrogen functional groups attached to an aromatic ring is 1. The molecule has 0 unspecified atom stereocenters. The second-order valence-electron chi connectivity index (χ2n) is 6.39. The number of para-hydroxylation sites is 1. The smallest absolute Gasteiger partial charge is 0.122 e. The number of aromatic nitrogens is 4. The minimum atomic E-state index is 0.0797. The molecule has 0 saturated carbocycles. The van der Waals surface area contributed by atoms with Crippen molar-refractivity contribution in [2.45, 2.75) is 13.0 Å². The highest BCUT2D eigenvalue weighted by molar-refractivity contribution is 5.95. The molecule has 0 atom stereocenters. The van der Waals surface area contributed by atoms with Crippen molar-refractivity contribution in [1.82, 2.24) is 19.3 Å². The second-order valence-corrected chi connectivity index (χ2v) is 6.39. The van der Waals surface area contributed by atoms with Crippen LogP contribution in [0.3, 0.4) is 0 Å². The topological polar surface area (TPSA) is 85.5 Å². The maximum atomic E-state index is 7.60. The standard InChI is InChI=1S/C21H20N6/c22-21(23)18-6-4-5-16(11-18)14-26-10-9-24-20(26)12-17-13-25-27(15-17)19-7-2-1-3-8-19/h1-11,13,15H,12,14H2,(H3,22,23). The Morgan fingerprint density at radius 2 is 1.89 bits per heavy atom. The molecule has 2 aromatic carbocycles. The molecule has 27 heavy (non-hydrogen) atoms. The van der Waals surface area contributed by atoms with Crippen LogP contribution in [-0.2, 0) is 13.0 Å². The van der Waals surface area contributed by atoms with Crippen LogP contribution in [0.1, 0.15) is 22.5 Å². The number of hydrogen-bond acceptors (Lipinski definition) is 3. The molecule has 2 aromatic heterocycles. The molecule has 0 aliphatic carbocycles. The molecule has 0 aliphatic rings. The fourth-order valence-corrected chi connectivity index (χ4v) is 3.04. The van der Waals surface area contributed by atoms with Crippen molar-refractivity contribution in [3.05, 3.63) is 102 Å². The largest absolute Gasteiger partial charge is 0.384 e. The van der Waals surface area contributed by atoms with Gasteiger partial charge in [-0.25, -0.2) is 9.67 Å². The maximum Gasteiger partial charge on any atom is 0.122 e. The summed E-state index contributed by atoms with van der Waals surface area (Å²) in [6.07, 6.45) is 8.39. The molecule has 2 heterocycles. The van der Waals surface area contributed by atoms with Crippen LogP contribution in [0.2, 0.25) is 0 Å². The first-order valence-corrected chi connectivity index (χ1v) is 8.71. The minimum Gasteiger partial charge on any atom is -0.384 e. The van der Waals surface area contributed by atoms with Gasteiger partial charge in [0, 0.05) is 37.1 Å². The van der Waals surface area contributed by atoms with Gasteiger partial charge in [0.25, 0.3) is 0 Å². The van der Waals surface area contributed by atoms with Crippen LogP contribution in [0.15, 0.2) is 79.4 Å². The Morgan fingerprint density at radius 3 is 2.70 bits per heavy atom. The van der Waals surface area contributed by atoms with E-state index >= 15 is 0 Å². The average Bonchev–Trinajstić information content (AvgIpc) is 3.33. The Morgan fingerprint density at radius 1 is 1.04 bits per heavy atom. The molecule has 134 valence electrons. The number of nitrogens with one attached hydrogen (secondary N) is 1. The lowest BCUT2D eigenvalue weighted by atomic mass is 10.1. The summed E-state index contributed by atoms with van der Waals surface area (Å²) in [4.78, 5) is 4.51. The van der Waals surface area contributed by atoms with E-state index in [1.807, 2.05) is 84.1 Å². The zero-order valence-corrected chi connectivity index (χ0v) is 14.8. The van der Waals surface area contributed by atoms with Crippen molar-refractivity contribution in [2.75, 3.05) is 0 Å². The summed E-state index contributed by atoms with van der Waals surface area (Å²) >= 11 is 0. The van der Waals surface area contributed by atoms with Crippen molar-refractivity contribution in [3.8, 4) is 5.69 Å². The number of benzene rings is 2. The van der Waals surface area contributed by atoms with Crippen molar-refractivity contribution >= 4 is 5.84 Å². The first-order valence-electron chi connectivity index (χ1n) is 8.71. The SMILES string of the molecule is N=C(N)c1cccc(Cn2ccnc2Cc2cnn(-c3ccccc3)c2)c1. The van der Waals surface area contributed by atoms with E-state index in [2.05, 4.69) is 14.6 Å². The molecule has 4 rings (SSSR count). The molecule has 0 fully saturated rings. The molecule has 0 aliphatic heterocycles. The summed E-state index contributed by atoms with van der Waals surface area (Å²) in [5, 5.41) is 12.0. The lowest BCUT2D eigenvalue weighted by molar-refractivity contribution is 0.740. The summed E-state index contributed by atoms with van der Waals surface area (Å²) in [6.45, 7) is 0.684. The van der Waals surface area contributed by atoms with Crippen molar-refractivity contribution in [3.63, 3.8) is 0 Å². The van der Waals surface area contributed by atoms with Gasteiger partial charge >= 0.3 is 0 Å². The Hall–Kier alpha value is -3.67. The van der Waals surface area contributed by atoms with Gasteiger partial charge in [-0.15, -0.1) is 0 Å². The van der Waals surface area contributed by atoms with Crippen LogP contribution >= 0.6 is 0 Å². The summed E-state index contributed by atoms with van der Waals surface area (Å²) in [6, 6.07) is 17.8. The predicted molar refractivity (Wildman–Crippen MR) is 105 cm³/mol. The molecule has 3 N–H and O–H groups in total. The highest BCUT2D eigenvalue weighted by Crippen LogP contribution is 2.13. The summed E-state index contributed by atoms with van der Waals surface area (Å²) in [5.41, 5.74) is 9.55. The van der Waals surface area contributed by atoms with E-state index in [0.29, 0.717) is 13.0 Å². The van der Waals surface area contributed by atoms with Crippen LogP contribution in [0.25, 0.3) is 5.69 Å². The zero-order valence-electron chi connectivity index (χ0n) is 14.8. The van der Waals surface area contributed by atoms with E-state index in [4.69, 9.17) is 11.1 Å². The highest BCUT2D eigenvalue weighted by atomic mass is 15.3. The second kappa shape index (κ2) is 7.29. The Labute approximate surface area is 157 Å². The third kappa shape index (κ3) is 3.79. The molecule has 6 heteroatoms. The van der Waals surface area contributed by atoms with Crippen LogP contribution in [0.5, 0.6) is 0 Å². The Balaban J connectivity index is 1.52. The number of hydrogen-bond donors (Lipinski definition) is 2. The van der Waals surface area contributed by atoms with E-state index in [-0.39, 0.29) is 5.84 Å².